The lowest BCUT2D eigenvalue weighted by Crippen LogP contribution is -2.38. The molecule has 2 N–H and O–H groups in total. The van der Waals surface area contributed by atoms with E-state index in [-0.39, 0.29) is 18.1 Å². The summed E-state index contributed by atoms with van der Waals surface area (Å²) in [6.07, 6.45) is 4.24. The molecular weight excluding hydrogens is 304 g/mol. The normalized spacial score (nSPS) is 17.9. The number of amides is 1. The minimum absolute atomic E-state index is 0.0206. The van der Waals surface area contributed by atoms with Gasteiger partial charge in [0, 0.05) is 19.6 Å². The fourth-order valence-corrected chi connectivity index (χ4v) is 3.22. The molecule has 6 heteroatoms. The van der Waals surface area contributed by atoms with Gasteiger partial charge < -0.3 is 19.9 Å². The van der Waals surface area contributed by atoms with Gasteiger partial charge in [0.1, 0.15) is 6.04 Å². The van der Waals surface area contributed by atoms with E-state index in [1.54, 1.807) is 6.33 Å². The first-order valence-corrected chi connectivity index (χ1v) is 8.75. The van der Waals surface area contributed by atoms with Crippen molar-refractivity contribution in [3.63, 3.8) is 0 Å². The van der Waals surface area contributed by atoms with Gasteiger partial charge in [0.05, 0.1) is 23.5 Å². The summed E-state index contributed by atoms with van der Waals surface area (Å²) in [7, 11) is 0. The Balaban J connectivity index is 1.45. The number of nitrogens with zero attached hydrogens (tertiary/aromatic N) is 3. The highest BCUT2D eigenvalue weighted by atomic mass is 16.3. The number of aliphatic hydroxyl groups excluding tert-OH is 1. The van der Waals surface area contributed by atoms with Crippen LogP contribution in [-0.4, -0.2) is 57.7 Å². The van der Waals surface area contributed by atoms with Crippen LogP contribution < -0.4 is 5.32 Å². The maximum Gasteiger partial charge on any atom is 0.242 e. The van der Waals surface area contributed by atoms with Crippen LogP contribution in [0.3, 0.4) is 0 Å². The van der Waals surface area contributed by atoms with Crippen LogP contribution in [0, 0.1) is 0 Å². The van der Waals surface area contributed by atoms with E-state index in [2.05, 4.69) is 15.2 Å². The lowest BCUT2D eigenvalue weighted by molar-refractivity contribution is -0.123. The number of likely N-dealkylation sites (tertiary alicyclic amines) is 1. The molecule has 2 heterocycles. The number of benzene rings is 1. The van der Waals surface area contributed by atoms with Gasteiger partial charge in [-0.1, -0.05) is 12.1 Å². The highest BCUT2D eigenvalue weighted by Gasteiger charge is 2.18. The molecule has 1 aliphatic heterocycles. The number of piperidine rings is 1. The Labute approximate surface area is 142 Å². The number of aromatic nitrogens is 2. The van der Waals surface area contributed by atoms with Crippen LogP contribution in [0.5, 0.6) is 0 Å². The van der Waals surface area contributed by atoms with Crippen molar-refractivity contribution in [2.45, 2.75) is 38.3 Å². The zero-order valence-electron chi connectivity index (χ0n) is 14.2. The number of rotatable bonds is 6. The average Bonchev–Trinajstić information content (AvgIpc) is 3.03. The van der Waals surface area contributed by atoms with Gasteiger partial charge >= 0.3 is 0 Å². The van der Waals surface area contributed by atoms with Crippen molar-refractivity contribution in [3.05, 3.63) is 30.6 Å². The number of fused-ring (bicyclic) bond motifs is 1. The first kappa shape index (κ1) is 16.9. The average molecular weight is 330 g/mol. The molecule has 3 rings (SSSR count). The van der Waals surface area contributed by atoms with E-state index in [0.29, 0.717) is 6.54 Å². The van der Waals surface area contributed by atoms with E-state index in [0.717, 1.165) is 49.9 Å². The first-order valence-electron chi connectivity index (χ1n) is 8.75. The van der Waals surface area contributed by atoms with Gasteiger partial charge in [-0.05, 0) is 44.9 Å². The molecule has 0 saturated carbocycles. The SMILES string of the molecule is CC(C(=O)NCCCN1CCC(O)CC1)n1cnc2ccccc21. The molecule has 6 nitrogen and oxygen atoms in total. The standard InChI is InChI=1S/C18H26N4O2/c1-14(22-13-20-16-5-2-3-6-17(16)22)18(24)19-9-4-10-21-11-7-15(23)8-12-21/h2-3,5-6,13-15,23H,4,7-12H2,1H3,(H,19,24). The summed E-state index contributed by atoms with van der Waals surface area (Å²) >= 11 is 0. The number of carbonyl (C=O) groups excluding carboxylic acids is 1. The number of para-hydroxylation sites is 2. The molecule has 1 amide bonds. The molecule has 1 saturated heterocycles. The molecule has 1 unspecified atom stereocenters. The molecule has 2 aromatic rings. The quantitative estimate of drug-likeness (QED) is 0.789. The summed E-state index contributed by atoms with van der Waals surface area (Å²) in [5, 5.41) is 12.5. The number of nitrogens with one attached hydrogen (secondary N) is 1. The van der Waals surface area contributed by atoms with Crippen LogP contribution in [0.4, 0.5) is 0 Å². The van der Waals surface area contributed by atoms with Gasteiger partial charge in [-0.25, -0.2) is 4.98 Å². The highest BCUT2D eigenvalue weighted by Crippen LogP contribution is 2.17. The summed E-state index contributed by atoms with van der Waals surface area (Å²) in [5.41, 5.74) is 1.89. The monoisotopic (exact) mass is 330 g/mol. The lowest BCUT2D eigenvalue weighted by Gasteiger charge is -2.29. The van der Waals surface area contributed by atoms with Crippen LogP contribution in [0.25, 0.3) is 11.0 Å². The maximum atomic E-state index is 12.4. The second-order valence-electron chi connectivity index (χ2n) is 6.53. The van der Waals surface area contributed by atoms with Crippen LogP contribution >= 0.6 is 0 Å². The van der Waals surface area contributed by atoms with Gasteiger partial charge in [0.2, 0.25) is 5.91 Å². The molecule has 0 spiro atoms. The van der Waals surface area contributed by atoms with Crippen molar-refractivity contribution in [3.8, 4) is 0 Å². The van der Waals surface area contributed by atoms with E-state index in [1.165, 1.54) is 0 Å². The highest BCUT2D eigenvalue weighted by molar-refractivity contribution is 5.83. The Hall–Kier alpha value is -1.92. The van der Waals surface area contributed by atoms with E-state index in [4.69, 9.17) is 0 Å². The smallest absolute Gasteiger partial charge is 0.242 e. The molecule has 1 atom stereocenters. The maximum absolute atomic E-state index is 12.4. The third-order valence-electron chi connectivity index (χ3n) is 4.79. The van der Waals surface area contributed by atoms with Gasteiger partial charge in [0.15, 0.2) is 0 Å². The van der Waals surface area contributed by atoms with E-state index in [1.807, 2.05) is 35.8 Å². The van der Waals surface area contributed by atoms with E-state index in [9.17, 15) is 9.90 Å². The van der Waals surface area contributed by atoms with Crippen molar-refractivity contribution in [2.24, 2.45) is 0 Å². The summed E-state index contributed by atoms with van der Waals surface area (Å²) in [5.74, 6) is 0.0206. The molecule has 24 heavy (non-hydrogen) atoms. The largest absolute Gasteiger partial charge is 0.393 e. The van der Waals surface area contributed by atoms with Crippen LogP contribution in [0.1, 0.15) is 32.2 Å². The Morgan fingerprint density at radius 3 is 2.92 bits per heavy atom. The second-order valence-corrected chi connectivity index (χ2v) is 6.53. The number of hydrogen-bond donors (Lipinski definition) is 2. The Morgan fingerprint density at radius 1 is 1.38 bits per heavy atom. The van der Waals surface area contributed by atoms with Crippen molar-refractivity contribution >= 4 is 16.9 Å². The molecule has 1 aliphatic rings. The third-order valence-corrected chi connectivity index (χ3v) is 4.79. The molecular formula is C18H26N4O2. The number of imidazole rings is 1. The van der Waals surface area contributed by atoms with Crippen molar-refractivity contribution in [2.75, 3.05) is 26.2 Å². The Kier molecular flexibility index (Phi) is 5.48. The minimum Gasteiger partial charge on any atom is -0.393 e. The fourth-order valence-electron chi connectivity index (χ4n) is 3.22. The summed E-state index contributed by atoms with van der Waals surface area (Å²) < 4.78 is 1.91. The number of carbonyl (C=O) groups is 1. The number of aliphatic hydroxyl groups is 1. The summed E-state index contributed by atoms with van der Waals surface area (Å²) in [6.45, 7) is 5.44. The van der Waals surface area contributed by atoms with E-state index >= 15 is 0 Å². The van der Waals surface area contributed by atoms with Gasteiger partial charge in [-0.15, -0.1) is 0 Å². The zero-order valence-corrected chi connectivity index (χ0v) is 14.2. The first-order chi connectivity index (χ1) is 11.6. The molecule has 1 aromatic heterocycles. The van der Waals surface area contributed by atoms with Gasteiger partial charge in [0.25, 0.3) is 0 Å². The zero-order chi connectivity index (χ0) is 16.9. The molecule has 0 radical (unpaired) electrons. The minimum atomic E-state index is -0.275. The Morgan fingerprint density at radius 2 is 2.12 bits per heavy atom. The van der Waals surface area contributed by atoms with Crippen molar-refractivity contribution < 1.29 is 9.90 Å². The van der Waals surface area contributed by atoms with Crippen molar-refractivity contribution in [1.82, 2.24) is 19.8 Å². The van der Waals surface area contributed by atoms with Gasteiger partial charge in [-0.2, -0.15) is 0 Å². The predicted octanol–water partition coefficient (Wildman–Crippen LogP) is 1.56. The third kappa shape index (κ3) is 3.94. The molecule has 1 fully saturated rings. The van der Waals surface area contributed by atoms with Gasteiger partial charge in [-0.3, -0.25) is 4.79 Å². The molecule has 130 valence electrons. The molecule has 1 aromatic carbocycles. The molecule has 0 bridgehead atoms. The Bertz CT molecular complexity index is 676. The van der Waals surface area contributed by atoms with Crippen LogP contribution in [0.15, 0.2) is 30.6 Å². The van der Waals surface area contributed by atoms with Crippen molar-refractivity contribution in [1.29, 1.82) is 0 Å². The van der Waals surface area contributed by atoms with E-state index < -0.39 is 0 Å². The fraction of sp³-hybridized carbons (Fsp3) is 0.556. The summed E-state index contributed by atoms with van der Waals surface area (Å²) in [6, 6.07) is 7.57. The van der Waals surface area contributed by atoms with Crippen LogP contribution in [-0.2, 0) is 4.79 Å². The predicted molar refractivity (Wildman–Crippen MR) is 93.8 cm³/mol. The molecule has 0 aliphatic carbocycles. The topological polar surface area (TPSA) is 70.4 Å². The second kappa shape index (κ2) is 7.77. The lowest BCUT2D eigenvalue weighted by atomic mass is 10.1. The number of hydrogen-bond acceptors (Lipinski definition) is 4. The van der Waals surface area contributed by atoms with Crippen LogP contribution in [0.2, 0.25) is 0 Å². The summed E-state index contributed by atoms with van der Waals surface area (Å²) in [4.78, 5) is 19.1.